The van der Waals surface area contributed by atoms with Gasteiger partial charge in [-0.2, -0.15) is 4.73 Å². The number of hydrogen-bond acceptors (Lipinski definition) is 5. The first kappa shape index (κ1) is 12.8. The monoisotopic (exact) mass is 288 g/mol. The molecule has 0 amide bonds. The highest BCUT2D eigenvalue weighted by Gasteiger charge is 2.15. The van der Waals surface area contributed by atoms with E-state index in [1.165, 1.54) is 18.0 Å². The first-order chi connectivity index (χ1) is 9.74. The van der Waals surface area contributed by atoms with E-state index in [0.29, 0.717) is 22.4 Å². The number of aryl methyl sites for hydroxylation is 1. The van der Waals surface area contributed by atoms with Crippen molar-refractivity contribution in [3.05, 3.63) is 59.5 Å². The maximum absolute atomic E-state index is 11.6. The van der Waals surface area contributed by atoms with Gasteiger partial charge >= 0.3 is 0 Å². The molecule has 6 heteroatoms. The summed E-state index contributed by atoms with van der Waals surface area (Å²) >= 11 is 1.42. The van der Waals surface area contributed by atoms with E-state index < -0.39 is 0 Å². The minimum absolute atomic E-state index is 0.464. The summed E-state index contributed by atoms with van der Waals surface area (Å²) in [6.45, 7) is 1.85. The van der Waals surface area contributed by atoms with E-state index in [9.17, 15) is 5.21 Å². The van der Waals surface area contributed by atoms with Gasteiger partial charge in [0.2, 0.25) is 0 Å². The second kappa shape index (κ2) is 5.42. The first-order valence-corrected chi connectivity index (χ1v) is 7.04. The van der Waals surface area contributed by atoms with E-state index >= 15 is 0 Å². The molecule has 3 aromatic heterocycles. The molecule has 3 heterocycles. The molecule has 0 radical (unpaired) electrons. The van der Waals surface area contributed by atoms with Crippen LogP contribution in [0.2, 0.25) is 0 Å². The Morgan fingerprint density at radius 3 is 2.95 bits per heavy atom. The van der Waals surface area contributed by atoms with Gasteiger partial charge in [0, 0.05) is 17.9 Å². The van der Waals surface area contributed by atoms with Gasteiger partial charge in [0.25, 0.3) is 10.9 Å². The van der Waals surface area contributed by atoms with E-state index in [0.717, 1.165) is 16.2 Å². The molecule has 0 aliphatic rings. The van der Waals surface area contributed by atoms with E-state index in [4.69, 9.17) is 8.83 Å². The lowest BCUT2D eigenvalue weighted by molar-refractivity contribution is -0.645. The molecule has 0 aromatic carbocycles. The topological polar surface area (TPSA) is 66.1 Å². The zero-order valence-corrected chi connectivity index (χ0v) is 11.6. The number of nitrogens with zero attached hydrogens (tertiary/aromatic N) is 2. The lowest BCUT2D eigenvalue weighted by atomic mass is 10.4. The molecule has 3 rings (SSSR count). The number of oxazole rings is 1. The quantitative estimate of drug-likeness (QED) is 0.419. The number of pyridine rings is 1. The fourth-order valence-corrected chi connectivity index (χ4v) is 2.65. The normalized spacial score (nSPS) is 10.8. The van der Waals surface area contributed by atoms with Crippen LogP contribution in [0.25, 0.3) is 11.7 Å². The molecule has 0 saturated carbocycles. The maximum atomic E-state index is 11.6. The Hall–Kier alpha value is -2.21. The summed E-state index contributed by atoms with van der Waals surface area (Å²) in [7, 11) is 0. The Bertz CT molecular complexity index is 707. The standard InChI is InChI=1S/C14H12N2O3S/c1-10-11(9-20-13-6-2-3-7-16(13)17)15-14(19-10)12-5-4-8-18-12/h2-8H,9H2,1H3. The van der Waals surface area contributed by atoms with Crippen LogP contribution in [-0.2, 0) is 5.75 Å². The highest BCUT2D eigenvalue weighted by Crippen LogP contribution is 2.26. The van der Waals surface area contributed by atoms with E-state index in [1.807, 2.05) is 13.0 Å². The van der Waals surface area contributed by atoms with Gasteiger partial charge < -0.3 is 14.0 Å². The Morgan fingerprint density at radius 2 is 2.20 bits per heavy atom. The number of hydrogen-bond donors (Lipinski definition) is 0. The average molecular weight is 288 g/mol. The van der Waals surface area contributed by atoms with E-state index in [-0.39, 0.29) is 0 Å². The molecule has 20 heavy (non-hydrogen) atoms. The molecule has 0 saturated heterocycles. The SMILES string of the molecule is Cc1oc(-c2ccco2)nc1CSc1cccc[n+]1[O-]. The van der Waals surface area contributed by atoms with Crippen molar-refractivity contribution in [3.8, 4) is 11.7 Å². The van der Waals surface area contributed by atoms with Gasteiger partial charge in [0.1, 0.15) is 5.76 Å². The highest BCUT2D eigenvalue weighted by molar-refractivity contribution is 7.98. The fraction of sp³-hybridized carbons (Fsp3) is 0.143. The summed E-state index contributed by atoms with van der Waals surface area (Å²) in [5.74, 6) is 2.37. The van der Waals surface area contributed by atoms with Crippen molar-refractivity contribution in [3.63, 3.8) is 0 Å². The van der Waals surface area contributed by atoms with Crippen LogP contribution in [0.3, 0.4) is 0 Å². The molecule has 0 N–H and O–H groups in total. The summed E-state index contributed by atoms with van der Waals surface area (Å²) in [4.78, 5) is 4.40. The zero-order valence-electron chi connectivity index (χ0n) is 10.8. The second-order valence-electron chi connectivity index (χ2n) is 4.15. The van der Waals surface area contributed by atoms with Gasteiger partial charge in [0.05, 0.1) is 12.0 Å². The molecule has 0 fully saturated rings. The summed E-state index contributed by atoms with van der Waals surface area (Å²) in [6.07, 6.45) is 3.06. The van der Waals surface area contributed by atoms with Crippen molar-refractivity contribution in [1.29, 1.82) is 0 Å². The molecule has 3 aromatic rings. The van der Waals surface area contributed by atoms with E-state index in [1.54, 1.807) is 30.5 Å². The minimum Gasteiger partial charge on any atom is -0.618 e. The Kier molecular flexibility index (Phi) is 3.47. The fourth-order valence-electron chi connectivity index (χ4n) is 1.73. The minimum atomic E-state index is 0.464. The Labute approximate surface area is 119 Å². The molecule has 0 bridgehead atoms. The van der Waals surface area contributed by atoms with Crippen LogP contribution in [0.5, 0.6) is 0 Å². The number of thioether (sulfide) groups is 1. The first-order valence-electron chi connectivity index (χ1n) is 6.05. The molecular formula is C14H12N2O3S. The van der Waals surface area contributed by atoms with Gasteiger partial charge in [-0.1, -0.05) is 0 Å². The van der Waals surface area contributed by atoms with Crippen LogP contribution < -0.4 is 4.73 Å². The van der Waals surface area contributed by atoms with Crippen LogP contribution in [0.4, 0.5) is 0 Å². The summed E-state index contributed by atoms with van der Waals surface area (Å²) < 4.78 is 11.7. The van der Waals surface area contributed by atoms with Crippen LogP contribution in [0.1, 0.15) is 11.5 Å². The number of rotatable bonds is 4. The van der Waals surface area contributed by atoms with Gasteiger partial charge in [-0.25, -0.2) is 4.98 Å². The Balaban J connectivity index is 1.77. The average Bonchev–Trinajstić information content (AvgIpc) is 3.07. The number of aromatic nitrogens is 2. The molecule has 102 valence electrons. The van der Waals surface area contributed by atoms with Gasteiger partial charge in [-0.3, -0.25) is 0 Å². The predicted molar refractivity (Wildman–Crippen MR) is 73.9 cm³/mol. The highest BCUT2D eigenvalue weighted by atomic mass is 32.2. The zero-order chi connectivity index (χ0) is 13.9. The smallest absolute Gasteiger partial charge is 0.263 e. The van der Waals surface area contributed by atoms with Gasteiger partial charge in [-0.05, 0) is 36.9 Å². The molecule has 0 atom stereocenters. The van der Waals surface area contributed by atoms with Crippen molar-refractivity contribution in [2.24, 2.45) is 0 Å². The van der Waals surface area contributed by atoms with Crippen LogP contribution in [0, 0.1) is 12.1 Å². The van der Waals surface area contributed by atoms with Crippen LogP contribution in [-0.4, -0.2) is 4.98 Å². The second-order valence-corrected chi connectivity index (χ2v) is 5.15. The number of furan rings is 1. The van der Waals surface area contributed by atoms with Crippen LogP contribution in [0.15, 0.2) is 56.7 Å². The predicted octanol–water partition coefficient (Wildman–Crippen LogP) is 3.17. The van der Waals surface area contributed by atoms with Crippen molar-refractivity contribution >= 4 is 11.8 Å². The molecular weight excluding hydrogens is 276 g/mol. The van der Waals surface area contributed by atoms with Crippen molar-refractivity contribution in [2.75, 3.05) is 0 Å². The third kappa shape index (κ3) is 2.55. The van der Waals surface area contributed by atoms with Gasteiger partial charge in [-0.15, -0.1) is 0 Å². The van der Waals surface area contributed by atoms with Crippen molar-refractivity contribution in [2.45, 2.75) is 17.7 Å². The lowest BCUT2D eigenvalue weighted by Gasteiger charge is -2.01. The third-order valence-corrected chi connectivity index (χ3v) is 3.80. The van der Waals surface area contributed by atoms with E-state index in [2.05, 4.69) is 4.98 Å². The molecule has 0 unspecified atom stereocenters. The van der Waals surface area contributed by atoms with Crippen molar-refractivity contribution in [1.82, 2.24) is 4.98 Å². The lowest BCUT2D eigenvalue weighted by Crippen LogP contribution is -2.27. The summed E-state index contributed by atoms with van der Waals surface area (Å²) in [6, 6.07) is 8.90. The maximum Gasteiger partial charge on any atom is 0.263 e. The largest absolute Gasteiger partial charge is 0.618 e. The molecule has 0 aliphatic carbocycles. The van der Waals surface area contributed by atoms with Gasteiger partial charge in [0.15, 0.2) is 12.0 Å². The summed E-state index contributed by atoms with van der Waals surface area (Å²) in [5.41, 5.74) is 0.810. The molecule has 0 spiro atoms. The summed E-state index contributed by atoms with van der Waals surface area (Å²) in [5, 5.41) is 12.2. The molecule has 5 nitrogen and oxygen atoms in total. The van der Waals surface area contributed by atoms with Crippen LogP contribution >= 0.6 is 11.8 Å². The Morgan fingerprint density at radius 1 is 1.30 bits per heavy atom. The van der Waals surface area contributed by atoms with Crippen molar-refractivity contribution < 1.29 is 13.6 Å². The third-order valence-electron chi connectivity index (χ3n) is 2.77. The molecule has 0 aliphatic heterocycles.